The average molecular weight is 267 g/mol. The Hall–Kier alpha value is -1.70. The Morgan fingerprint density at radius 1 is 1.21 bits per heavy atom. The number of nitro groups is 1. The van der Waals surface area contributed by atoms with Gasteiger partial charge in [0.15, 0.2) is 6.10 Å². The van der Waals surface area contributed by atoms with Crippen LogP contribution < -0.4 is 4.74 Å². The van der Waals surface area contributed by atoms with Crippen molar-refractivity contribution in [2.45, 2.75) is 24.4 Å². The first-order valence-corrected chi connectivity index (χ1v) is 5.97. The molecule has 3 rings (SSSR count). The normalized spacial score (nSPS) is 33.1. The van der Waals surface area contributed by atoms with Crippen molar-refractivity contribution in [2.75, 3.05) is 13.2 Å². The van der Waals surface area contributed by atoms with Crippen LogP contribution >= 0.6 is 0 Å². The molecule has 1 aromatic carbocycles. The molecule has 7 heteroatoms. The smallest absolute Gasteiger partial charge is 0.269 e. The van der Waals surface area contributed by atoms with Gasteiger partial charge in [-0.2, -0.15) is 0 Å². The molecule has 1 unspecified atom stereocenters. The molecule has 19 heavy (non-hydrogen) atoms. The summed E-state index contributed by atoms with van der Waals surface area (Å²) in [4.78, 5) is 10.1. The van der Waals surface area contributed by atoms with Gasteiger partial charge in [-0.25, -0.2) is 0 Å². The van der Waals surface area contributed by atoms with Gasteiger partial charge in [-0.3, -0.25) is 10.1 Å². The summed E-state index contributed by atoms with van der Waals surface area (Å²) in [7, 11) is 0. The van der Waals surface area contributed by atoms with E-state index in [-0.39, 0.29) is 30.6 Å². The first-order valence-electron chi connectivity index (χ1n) is 5.97. The van der Waals surface area contributed by atoms with Crippen molar-refractivity contribution < 1.29 is 24.2 Å². The molecule has 2 saturated heterocycles. The molecule has 102 valence electrons. The number of nitrogens with zero attached hydrogens (tertiary/aromatic N) is 1. The number of nitro benzene ring substituents is 1. The van der Waals surface area contributed by atoms with E-state index in [0.717, 1.165) is 0 Å². The van der Waals surface area contributed by atoms with E-state index in [1.807, 2.05) is 0 Å². The SMILES string of the molecule is O=[N+]([O-])c1ccc(OC2CO[C@H]3[C@@H]2OC[C@@H]3O)cc1. The highest BCUT2D eigenvalue weighted by Crippen LogP contribution is 2.30. The monoisotopic (exact) mass is 267 g/mol. The number of hydrogen-bond donors (Lipinski definition) is 1. The lowest BCUT2D eigenvalue weighted by molar-refractivity contribution is -0.384. The van der Waals surface area contributed by atoms with Crippen LogP contribution in [0.15, 0.2) is 24.3 Å². The first-order chi connectivity index (χ1) is 9.15. The highest BCUT2D eigenvalue weighted by atomic mass is 16.6. The molecule has 4 atom stereocenters. The fourth-order valence-electron chi connectivity index (χ4n) is 2.37. The molecule has 2 fully saturated rings. The minimum atomic E-state index is -0.615. The maximum atomic E-state index is 10.5. The fraction of sp³-hybridized carbons (Fsp3) is 0.500. The van der Waals surface area contributed by atoms with Gasteiger partial charge in [0.25, 0.3) is 5.69 Å². The van der Waals surface area contributed by atoms with Crippen molar-refractivity contribution in [3.63, 3.8) is 0 Å². The summed E-state index contributed by atoms with van der Waals surface area (Å²) < 4.78 is 16.5. The molecule has 0 saturated carbocycles. The summed E-state index contributed by atoms with van der Waals surface area (Å²) >= 11 is 0. The highest BCUT2D eigenvalue weighted by Gasteiger charge is 2.48. The average Bonchev–Trinajstić information content (AvgIpc) is 2.95. The number of non-ortho nitro benzene ring substituents is 1. The number of aliphatic hydroxyl groups is 1. The van der Waals surface area contributed by atoms with Gasteiger partial charge in [0.05, 0.1) is 18.1 Å². The zero-order valence-corrected chi connectivity index (χ0v) is 9.97. The van der Waals surface area contributed by atoms with E-state index < -0.39 is 11.0 Å². The highest BCUT2D eigenvalue weighted by molar-refractivity contribution is 5.36. The predicted molar refractivity (Wildman–Crippen MR) is 63.0 cm³/mol. The third-order valence-electron chi connectivity index (χ3n) is 3.32. The summed E-state index contributed by atoms with van der Waals surface area (Å²) in [5.41, 5.74) is 0.0143. The third-order valence-corrected chi connectivity index (χ3v) is 3.32. The van der Waals surface area contributed by atoms with Gasteiger partial charge in [-0.1, -0.05) is 0 Å². The number of rotatable bonds is 3. The molecular formula is C12H13NO6. The maximum Gasteiger partial charge on any atom is 0.269 e. The Labute approximate surface area is 108 Å². The molecular weight excluding hydrogens is 254 g/mol. The van der Waals surface area contributed by atoms with E-state index >= 15 is 0 Å². The maximum absolute atomic E-state index is 10.5. The molecule has 0 spiro atoms. The summed E-state index contributed by atoms with van der Waals surface area (Å²) in [6.45, 7) is 0.582. The summed E-state index contributed by atoms with van der Waals surface area (Å²) in [6, 6.07) is 5.84. The van der Waals surface area contributed by atoms with Crippen LogP contribution in [0.2, 0.25) is 0 Å². The Balaban J connectivity index is 1.67. The van der Waals surface area contributed by atoms with Crippen molar-refractivity contribution >= 4 is 5.69 Å². The van der Waals surface area contributed by atoms with Crippen LogP contribution in [0.4, 0.5) is 5.69 Å². The van der Waals surface area contributed by atoms with E-state index in [2.05, 4.69) is 0 Å². The van der Waals surface area contributed by atoms with Crippen LogP contribution in [0.1, 0.15) is 0 Å². The van der Waals surface area contributed by atoms with Gasteiger partial charge in [0, 0.05) is 12.1 Å². The lowest BCUT2D eigenvalue weighted by Gasteiger charge is -2.17. The van der Waals surface area contributed by atoms with E-state index in [1.54, 1.807) is 0 Å². The lowest BCUT2D eigenvalue weighted by Crippen LogP contribution is -2.34. The molecule has 0 amide bonds. The van der Waals surface area contributed by atoms with Crippen LogP contribution in [0.25, 0.3) is 0 Å². The van der Waals surface area contributed by atoms with Gasteiger partial charge in [-0.15, -0.1) is 0 Å². The molecule has 1 aromatic rings. The van der Waals surface area contributed by atoms with Crippen molar-refractivity contribution in [1.29, 1.82) is 0 Å². The number of fused-ring (bicyclic) bond motifs is 1. The molecule has 0 aliphatic carbocycles. The molecule has 0 bridgehead atoms. The second kappa shape index (κ2) is 4.76. The van der Waals surface area contributed by atoms with Gasteiger partial charge >= 0.3 is 0 Å². The number of aliphatic hydroxyl groups excluding tert-OH is 1. The largest absolute Gasteiger partial charge is 0.485 e. The molecule has 0 radical (unpaired) electrons. The van der Waals surface area contributed by atoms with Crippen molar-refractivity contribution in [2.24, 2.45) is 0 Å². The van der Waals surface area contributed by atoms with Crippen LogP contribution in [0, 0.1) is 10.1 Å². The molecule has 2 aliphatic heterocycles. The lowest BCUT2D eigenvalue weighted by atomic mass is 10.1. The summed E-state index contributed by atoms with van der Waals surface area (Å²) in [6.07, 6.45) is -1.55. The van der Waals surface area contributed by atoms with E-state index in [1.165, 1.54) is 24.3 Å². The van der Waals surface area contributed by atoms with Crippen molar-refractivity contribution in [3.8, 4) is 5.75 Å². The minimum absolute atomic E-state index is 0.0143. The second-order valence-electron chi connectivity index (χ2n) is 4.57. The number of ether oxygens (including phenoxy) is 3. The fourth-order valence-corrected chi connectivity index (χ4v) is 2.37. The first kappa shape index (κ1) is 12.3. The summed E-state index contributed by atoms with van der Waals surface area (Å²) in [5.74, 6) is 0.518. The van der Waals surface area contributed by atoms with Gasteiger partial charge in [0.1, 0.15) is 24.1 Å². The van der Waals surface area contributed by atoms with E-state index in [0.29, 0.717) is 12.4 Å². The Bertz CT molecular complexity index is 476. The Morgan fingerprint density at radius 3 is 2.58 bits per heavy atom. The van der Waals surface area contributed by atoms with E-state index in [4.69, 9.17) is 14.2 Å². The summed E-state index contributed by atoms with van der Waals surface area (Å²) in [5, 5.41) is 20.1. The van der Waals surface area contributed by atoms with Crippen LogP contribution in [-0.2, 0) is 9.47 Å². The predicted octanol–water partition coefficient (Wildman–Crippen LogP) is 0.501. The van der Waals surface area contributed by atoms with Crippen LogP contribution in [0.3, 0.4) is 0 Å². The van der Waals surface area contributed by atoms with Gasteiger partial charge < -0.3 is 19.3 Å². The molecule has 2 heterocycles. The quantitative estimate of drug-likeness (QED) is 0.633. The minimum Gasteiger partial charge on any atom is -0.485 e. The standard InChI is InChI=1S/C12H13NO6/c14-9-5-17-12-10(6-18-11(9)12)19-8-3-1-7(2-4-8)13(15)16/h1-4,9-12,14H,5-6H2/t9-,10?,11+,12+/m0/s1. The third kappa shape index (κ3) is 2.27. The molecule has 2 aliphatic rings. The molecule has 7 nitrogen and oxygen atoms in total. The van der Waals surface area contributed by atoms with Crippen LogP contribution in [-0.4, -0.2) is 47.7 Å². The van der Waals surface area contributed by atoms with Crippen LogP contribution in [0.5, 0.6) is 5.75 Å². The Kier molecular flexibility index (Phi) is 3.09. The topological polar surface area (TPSA) is 91.1 Å². The number of benzene rings is 1. The molecule has 1 N–H and O–H groups in total. The van der Waals surface area contributed by atoms with E-state index in [9.17, 15) is 15.2 Å². The van der Waals surface area contributed by atoms with Gasteiger partial charge in [-0.05, 0) is 12.1 Å². The van der Waals surface area contributed by atoms with Crippen molar-refractivity contribution in [3.05, 3.63) is 34.4 Å². The zero-order chi connectivity index (χ0) is 13.4. The molecule has 0 aromatic heterocycles. The number of hydrogen-bond acceptors (Lipinski definition) is 6. The zero-order valence-electron chi connectivity index (χ0n) is 9.97. The van der Waals surface area contributed by atoms with Crippen molar-refractivity contribution in [1.82, 2.24) is 0 Å². The Morgan fingerprint density at radius 2 is 1.89 bits per heavy atom. The second-order valence-corrected chi connectivity index (χ2v) is 4.57. The van der Waals surface area contributed by atoms with Gasteiger partial charge in [0.2, 0.25) is 0 Å².